The minimum absolute atomic E-state index is 0.1000. The molecule has 3 nitrogen and oxygen atoms in total. The van der Waals surface area contributed by atoms with Gasteiger partial charge in [-0.1, -0.05) is 34.1 Å². The summed E-state index contributed by atoms with van der Waals surface area (Å²) in [6.45, 7) is 1.26. The van der Waals surface area contributed by atoms with Crippen molar-refractivity contribution >= 4 is 21.8 Å². The minimum atomic E-state index is -0.141. The van der Waals surface area contributed by atoms with Crippen LogP contribution in [0.3, 0.4) is 0 Å². The molecule has 1 amide bonds. The van der Waals surface area contributed by atoms with E-state index in [9.17, 15) is 4.79 Å². The molecule has 1 saturated carbocycles. The lowest BCUT2D eigenvalue weighted by molar-refractivity contribution is -0.122. The van der Waals surface area contributed by atoms with Crippen molar-refractivity contribution in [1.29, 1.82) is 0 Å². The first-order chi connectivity index (χ1) is 9.24. The molecule has 0 spiro atoms. The van der Waals surface area contributed by atoms with Gasteiger partial charge in [0.1, 0.15) is 18.3 Å². The number of fused-ring (bicyclic) bond motifs is 1. The summed E-state index contributed by atoms with van der Waals surface area (Å²) in [5, 5.41) is 3.09. The molecule has 3 unspecified atom stereocenters. The third-order valence-corrected chi connectivity index (χ3v) is 4.89. The van der Waals surface area contributed by atoms with Gasteiger partial charge in [0.25, 0.3) is 0 Å². The Kier molecular flexibility index (Phi) is 3.78. The molecule has 0 saturated heterocycles. The first kappa shape index (κ1) is 13.0. The van der Waals surface area contributed by atoms with Gasteiger partial charge < -0.3 is 10.1 Å². The number of hydrogen-bond donors (Lipinski definition) is 1. The highest BCUT2D eigenvalue weighted by Gasteiger charge is 2.31. The molecule has 1 aromatic carbocycles. The van der Waals surface area contributed by atoms with Crippen LogP contribution in [0, 0.1) is 5.92 Å². The van der Waals surface area contributed by atoms with E-state index in [2.05, 4.69) is 21.2 Å². The van der Waals surface area contributed by atoms with E-state index in [1.165, 1.54) is 12.8 Å². The van der Waals surface area contributed by atoms with Gasteiger partial charge in [-0.05, 0) is 31.2 Å². The third-order valence-electron chi connectivity index (χ3n) is 4.06. The third kappa shape index (κ3) is 2.78. The summed E-state index contributed by atoms with van der Waals surface area (Å²) in [6, 6.07) is 7.81. The normalized spacial score (nSPS) is 28.8. The van der Waals surface area contributed by atoms with Gasteiger partial charge in [-0.2, -0.15) is 0 Å². The standard InChI is InChI=1S/C15H18BrNO2/c16-11-6-5-10(7-11)8-17-15(18)13-9-19-14-4-2-1-3-12(13)14/h1-4,10-11,13H,5-9H2,(H,17,18). The fourth-order valence-electron chi connectivity index (χ4n) is 2.95. The molecule has 3 rings (SSSR count). The Hall–Kier alpha value is -1.03. The zero-order valence-electron chi connectivity index (χ0n) is 10.8. The highest BCUT2D eigenvalue weighted by Crippen LogP contribution is 2.34. The van der Waals surface area contributed by atoms with Gasteiger partial charge in [0, 0.05) is 16.9 Å². The Labute approximate surface area is 121 Å². The predicted octanol–water partition coefficient (Wildman–Crippen LogP) is 2.84. The summed E-state index contributed by atoms with van der Waals surface area (Å²) in [6.07, 6.45) is 3.59. The second kappa shape index (κ2) is 5.53. The van der Waals surface area contributed by atoms with Gasteiger partial charge in [-0.15, -0.1) is 0 Å². The van der Waals surface area contributed by atoms with Gasteiger partial charge in [-0.25, -0.2) is 0 Å². The number of carbonyl (C=O) groups excluding carboxylic acids is 1. The molecule has 0 bridgehead atoms. The molecule has 1 N–H and O–H groups in total. The molecule has 1 heterocycles. The number of hydrogen-bond acceptors (Lipinski definition) is 2. The quantitative estimate of drug-likeness (QED) is 0.869. The number of halogens is 1. The van der Waals surface area contributed by atoms with Crippen LogP contribution in [-0.2, 0) is 4.79 Å². The van der Waals surface area contributed by atoms with Gasteiger partial charge in [0.05, 0.1) is 0 Å². The van der Waals surface area contributed by atoms with Crippen LogP contribution in [0.4, 0.5) is 0 Å². The molecule has 1 aliphatic heterocycles. The molecule has 102 valence electrons. The van der Waals surface area contributed by atoms with Crippen molar-refractivity contribution in [2.45, 2.75) is 30.0 Å². The van der Waals surface area contributed by atoms with E-state index in [-0.39, 0.29) is 11.8 Å². The molecule has 1 aliphatic carbocycles. The number of rotatable bonds is 3. The van der Waals surface area contributed by atoms with Crippen LogP contribution < -0.4 is 10.1 Å². The molecule has 1 fully saturated rings. The average molecular weight is 324 g/mol. The zero-order valence-corrected chi connectivity index (χ0v) is 12.4. The first-order valence-electron chi connectivity index (χ1n) is 6.87. The van der Waals surface area contributed by atoms with Crippen LogP contribution >= 0.6 is 15.9 Å². The van der Waals surface area contributed by atoms with Crippen LogP contribution in [0.15, 0.2) is 24.3 Å². The summed E-state index contributed by atoms with van der Waals surface area (Å²) >= 11 is 3.64. The maximum Gasteiger partial charge on any atom is 0.231 e. The lowest BCUT2D eigenvalue weighted by atomic mass is 10.00. The van der Waals surface area contributed by atoms with Crippen molar-refractivity contribution < 1.29 is 9.53 Å². The van der Waals surface area contributed by atoms with E-state index in [1.807, 2.05) is 24.3 Å². The van der Waals surface area contributed by atoms with Gasteiger partial charge in [-0.3, -0.25) is 4.79 Å². The van der Waals surface area contributed by atoms with Crippen LogP contribution in [0.5, 0.6) is 5.75 Å². The fourth-order valence-corrected chi connectivity index (χ4v) is 3.74. The second-order valence-corrected chi connectivity index (χ2v) is 6.72. The average Bonchev–Trinajstić information content (AvgIpc) is 3.02. The van der Waals surface area contributed by atoms with Crippen molar-refractivity contribution in [3.05, 3.63) is 29.8 Å². The summed E-state index contributed by atoms with van der Waals surface area (Å²) in [7, 11) is 0. The van der Waals surface area contributed by atoms with E-state index >= 15 is 0 Å². The SMILES string of the molecule is O=C(NCC1CCC(Br)C1)C1COc2ccccc21. The highest BCUT2D eigenvalue weighted by molar-refractivity contribution is 9.09. The van der Waals surface area contributed by atoms with Crippen LogP contribution in [0.1, 0.15) is 30.7 Å². The molecular weight excluding hydrogens is 306 g/mol. The number of amides is 1. The van der Waals surface area contributed by atoms with Gasteiger partial charge in [0.2, 0.25) is 5.91 Å². The van der Waals surface area contributed by atoms with Crippen LogP contribution in [0.25, 0.3) is 0 Å². The number of ether oxygens (including phenoxy) is 1. The molecule has 1 aromatic rings. The molecule has 2 aliphatic rings. The molecular formula is C15H18BrNO2. The maximum absolute atomic E-state index is 12.2. The fraction of sp³-hybridized carbons (Fsp3) is 0.533. The Morgan fingerprint density at radius 1 is 1.37 bits per heavy atom. The van der Waals surface area contributed by atoms with Gasteiger partial charge >= 0.3 is 0 Å². The number of para-hydroxylation sites is 1. The highest BCUT2D eigenvalue weighted by atomic mass is 79.9. The number of carbonyl (C=O) groups is 1. The van der Waals surface area contributed by atoms with E-state index in [1.54, 1.807) is 0 Å². The van der Waals surface area contributed by atoms with Crippen molar-refractivity contribution in [2.75, 3.05) is 13.2 Å². The number of alkyl halides is 1. The molecule has 0 radical (unpaired) electrons. The second-order valence-electron chi connectivity index (χ2n) is 5.42. The van der Waals surface area contributed by atoms with Crippen molar-refractivity contribution in [2.24, 2.45) is 5.92 Å². The zero-order chi connectivity index (χ0) is 13.2. The van der Waals surface area contributed by atoms with Gasteiger partial charge in [0.15, 0.2) is 0 Å². The smallest absolute Gasteiger partial charge is 0.231 e. The van der Waals surface area contributed by atoms with E-state index in [4.69, 9.17) is 4.74 Å². The van der Waals surface area contributed by atoms with E-state index in [0.29, 0.717) is 17.4 Å². The molecule has 4 heteroatoms. The Morgan fingerprint density at radius 2 is 2.21 bits per heavy atom. The molecule has 0 aromatic heterocycles. The van der Waals surface area contributed by atoms with E-state index < -0.39 is 0 Å². The topological polar surface area (TPSA) is 38.3 Å². The van der Waals surface area contributed by atoms with Crippen LogP contribution in [0.2, 0.25) is 0 Å². The van der Waals surface area contributed by atoms with E-state index in [0.717, 1.165) is 24.3 Å². The van der Waals surface area contributed by atoms with Crippen molar-refractivity contribution in [1.82, 2.24) is 5.32 Å². The number of benzene rings is 1. The lowest BCUT2D eigenvalue weighted by Crippen LogP contribution is -2.33. The predicted molar refractivity (Wildman–Crippen MR) is 77.7 cm³/mol. The monoisotopic (exact) mass is 323 g/mol. The maximum atomic E-state index is 12.2. The number of nitrogens with one attached hydrogen (secondary N) is 1. The summed E-state index contributed by atoms with van der Waals surface area (Å²) in [5.41, 5.74) is 1.02. The Morgan fingerprint density at radius 3 is 3.00 bits per heavy atom. The minimum Gasteiger partial charge on any atom is -0.492 e. The van der Waals surface area contributed by atoms with Crippen molar-refractivity contribution in [3.8, 4) is 5.75 Å². The lowest BCUT2D eigenvalue weighted by Gasteiger charge is -2.14. The summed E-state index contributed by atoms with van der Waals surface area (Å²) in [4.78, 5) is 12.9. The molecule has 3 atom stereocenters. The first-order valence-corrected chi connectivity index (χ1v) is 7.79. The summed E-state index contributed by atoms with van der Waals surface area (Å²) < 4.78 is 5.55. The van der Waals surface area contributed by atoms with Crippen molar-refractivity contribution in [3.63, 3.8) is 0 Å². The Bertz CT molecular complexity index is 477. The summed E-state index contributed by atoms with van der Waals surface area (Å²) in [5.74, 6) is 1.43. The Balaban J connectivity index is 1.57. The van der Waals surface area contributed by atoms with Crippen LogP contribution in [-0.4, -0.2) is 23.9 Å². The molecule has 19 heavy (non-hydrogen) atoms. The largest absolute Gasteiger partial charge is 0.492 e.